The van der Waals surface area contributed by atoms with E-state index in [1.807, 2.05) is 0 Å². The summed E-state index contributed by atoms with van der Waals surface area (Å²) in [7, 11) is 0. The number of hydrogen-bond acceptors (Lipinski definition) is 0. The highest BCUT2D eigenvalue weighted by atomic mass is 14.0. The van der Waals surface area contributed by atoms with Crippen molar-refractivity contribution in [2.75, 3.05) is 0 Å². The van der Waals surface area contributed by atoms with E-state index in [0.717, 1.165) is 0 Å². The molecule has 0 heterocycles. The fraction of sp³-hybridized carbons (Fsp3) is 0.852. The zero-order valence-electron chi connectivity index (χ0n) is 18.6. The summed E-state index contributed by atoms with van der Waals surface area (Å²) in [4.78, 5) is 0. The zero-order chi connectivity index (χ0) is 19.1. The standard InChI is InChI=1S/C27H50/c1-2-4-6-8-10-12-14-16-18-20-22-24-26-27-25-23-21-19-17-15-13-11-9-7-5-3-1/h1-4H,5-27H2/b3-1-,4-2?. The van der Waals surface area contributed by atoms with Crippen molar-refractivity contribution in [1.29, 1.82) is 0 Å². The van der Waals surface area contributed by atoms with Crippen LogP contribution in [0.3, 0.4) is 0 Å². The SMILES string of the molecule is C1=CCCCCCCCCCCCCCCCCCCCCCCC/C=C\1. The van der Waals surface area contributed by atoms with Gasteiger partial charge in [0.1, 0.15) is 0 Å². The van der Waals surface area contributed by atoms with Gasteiger partial charge in [0.2, 0.25) is 0 Å². The van der Waals surface area contributed by atoms with E-state index in [4.69, 9.17) is 0 Å². The van der Waals surface area contributed by atoms with Crippen LogP contribution in [0, 0.1) is 0 Å². The first kappa shape index (κ1) is 24.5. The molecule has 0 N–H and O–H groups in total. The van der Waals surface area contributed by atoms with Crippen molar-refractivity contribution >= 4 is 0 Å². The van der Waals surface area contributed by atoms with Gasteiger partial charge in [0.15, 0.2) is 0 Å². The van der Waals surface area contributed by atoms with Crippen molar-refractivity contribution in [2.45, 2.75) is 148 Å². The lowest BCUT2D eigenvalue weighted by Crippen LogP contribution is -1.84. The van der Waals surface area contributed by atoms with Crippen LogP contribution in [0.5, 0.6) is 0 Å². The molecule has 0 aromatic heterocycles. The van der Waals surface area contributed by atoms with E-state index in [1.54, 1.807) is 0 Å². The molecule has 27 heavy (non-hydrogen) atoms. The monoisotopic (exact) mass is 374 g/mol. The largest absolute Gasteiger partial charge is 0.0845 e. The molecule has 0 heteroatoms. The van der Waals surface area contributed by atoms with Crippen molar-refractivity contribution in [1.82, 2.24) is 0 Å². The Bertz CT molecular complexity index is 293. The Hall–Kier alpha value is -0.520. The third-order valence-corrected chi connectivity index (χ3v) is 6.12. The lowest BCUT2D eigenvalue weighted by molar-refractivity contribution is 0.520. The quantitative estimate of drug-likeness (QED) is 0.395. The van der Waals surface area contributed by atoms with Crippen molar-refractivity contribution in [3.8, 4) is 0 Å². The van der Waals surface area contributed by atoms with Crippen molar-refractivity contribution < 1.29 is 0 Å². The summed E-state index contributed by atoms with van der Waals surface area (Å²) >= 11 is 0. The molecule has 158 valence electrons. The van der Waals surface area contributed by atoms with Gasteiger partial charge in [-0.05, 0) is 25.7 Å². The normalized spacial score (nSPS) is 24.0. The summed E-state index contributed by atoms with van der Waals surface area (Å²) in [5.74, 6) is 0. The van der Waals surface area contributed by atoms with E-state index in [0.29, 0.717) is 0 Å². The van der Waals surface area contributed by atoms with Gasteiger partial charge in [0, 0.05) is 0 Å². The molecule has 0 radical (unpaired) electrons. The second-order valence-electron chi connectivity index (χ2n) is 8.86. The average molecular weight is 375 g/mol. The second-order valence-corrected chi connectivity index (χ2v) is 8.86. The molecular formula is C27H50. The van der Waals surface area contributed by atoms with Crippen molar-refractivity contribution in [2.24, 2.45) is 0 Å². The molecular weight excluding hydrogens is 324 g/mol. The maximum absolute atomic E-state index is 2.36. The third-order valence-electron chi connectivity index (χ3n) is 6.12. The molecule has 0 bridgehead atoms. The molecule has 1 aliphatic carbocycles. The van der Waals surface area contributed by atoms with E-state index >= 15 is 0 Å². The molecule has 1 aliphatic rings. The number of hydrogen-bond donors (Lipinski definition) is 0. The molecule has 0 spiro atoms. The maximum atomic E-state index is 2.36. The fourth-order valence-electron chi connectivity index (χ4n) is 4.23. The maximum Gasteiger partial charge on any atom is -0.0348 e. The van der Waals surface area contributed by atoms with Crippen LogP contribution >= 0.6 is 0 Å². The lowest BCUT2D eigenvalue weighted by Gasteiger charge is -2.04. The zero-order valence-corrected chi connectivity index (χ0v) is 18.6. The number of allylic oxidation sites excluding steroid dienone is 4. The summed E-state index contributed by atoms with van der Waals surface area (Å²) in [5.41, 5.74) is 0. The molecule has 0 saturated carbocycles. The minimum atomic E-state index is 1.27. The van der Waals surface area contributed by atoms with E-state index in [-0.39, 0.29) is 0 Å². The lowest BCUT2D eigenvalue weighted by atomic mass is 10.0. The Morgan fingerprint density at radius 3 is 0.630 bits per heavy atom. The van der Waals surface area contributed by atoms with Gasteiger partial charge in [-0.15, -0.1) is 0 Å². The van der Waals surface area contributed by atoms with Gasteiger partial charge in [-0.25, -0.2) is 0 Å². The van der Waals surface area contributed by atoms with Gasteiger partial charge >= 0.3 is 0 Å². The predicted octanol–water partition coefficient (Wildman–Crippen LogP) is 10.1. The minimum absolute atomic E-state index is 1.27. The van der Waals surface area contributed by atoms with Crippen molar-refractivity contribution in [3.63, 3.8) is 0 Å². The van der Waals surface area contributed by atoms with Crippen LogP contribution in [0.1, 0.15) is 148 Å². The average Bonchev–Trinajstić information content (AvgIpc) is 2.68. The molecule has 0 nitrogen and oxygen atoms in total. The van der Waals surface area contributed by atoms with Gasteiger partial charge in [-0.1, -0.05) is 146 Å². The fourth-order valence-corrected chi connectivity index (χ4v) is 4.23. The molecule has 1 rings (SSSR count). The molecule has 0 unspecified atom stereocenters. The van der Waals surface area contributed by atoms with E-state index < -0.39 is 0 Å². The van der Waals surface area contributed by atoms with Crippen LogP contribution in [0.2, 0.25) is 0 Å². The van der Waals surface area contributed by atoms with E-state index in [9.17, 15) is 0 Å². The van der Waals surface area contributed by atoms with Gasteiger partial charge in [-0.3, -0.25) is 0 Å². The first-order chi connectivity index (χ1) is 13.5. The Kier molecular flexibility index (Phi) is 19.8. The number of rotatable bonds is 0. The van der Waals surface area contributed by atoms with Crippen LogP contribution in [-0.2, 0) is 0 Å². The second kappa shape index (κ2) is 21.8. The summed E-state index contributed by atoms with van der Waals surface area (Å²) in [6.45, 7) is 0. The third kappa shape index (κ3) is 20.0. The predicted molar refractivity (Wildman–Crippen MR) is 124 cm³/mol. The van der Waals surface area contributed by atoms with Gasteiger partial charge in [0.05, 0.1) is 0 Å². The highest BCUT2D eigenvalue weighted by molar-refractivity contribution is 5.02. The summed E-state index contributed by atoms with van der Waals surface area (Å²) in [5, 5.41) is 0. The smallest absolute Gasteiger partial charge is 0.0348 e. The molecule has 0 atom stereocenters. The Labute approximate surface area is 172 Å². The van der Waals surface area contributed by atoms with Gasteiger partial charge in [0.25, 0.3) is 0 Å². The first-order valence-corrected chi connectivity index (χ1v) is 12.8. The Balaban J connectivity index is 2.08. The highest BCUT2D eigenvalue weighted by Gasteiger charge is 1.95. The van der Waals surface area contributed by atoms with E-state index in [2.05, 4.69) is 24.3 Å². The molecule has 0 fully saturated rings. The van der Waals surface area contributed by atoms with Crippen molar-refractivity contribution in [3.05, 3.63) is 24.3 Å². The molecule has 0 aromatic rings. The van der Waals surface area contributed by atoms with Gasteiger partial charge < -0.3 is 0 Å². The Morgan fingerprint density at radius 1 is 0.222 bits per heavy atom. The first-order valence-electron chi connectivity index (χ1n) is 12.8. The molecule has 0 amide bonds. The highest BCUT2D eigenvalue weighted by Crippen LogP contribution is 2.15. The minimum Gasteiger partial charge on any atom is -0.0845 e. The molecule has 0 aromatic carbocycles. The van der Waals surface area contributed by atoms with Crippen LogP contribution in [-0.4, -0.2) is 0 Å². The van der Waals surface area contributed by atoms with Crippen LogP contribution in [0.4, 0.5) is 0 Å². The molecule has 0 saturated heterocycles. The van der Waals surface area contributed by atoms with Crippen LogP contribution < -0.4 is 0 Å². The van der Waals surface area contributed by atoms with Gasteiger partial charge in [-0.2, -0.15) is 0 Å². The topological polar surface area (TPSA) is 0 Å². The molecule has 0 aliphatic heterocycles. The van der Waals surface area contributed by atoms with Crippen LogP contribution in [0.25, 0.3) is 0 Å². The summed E-state index contributed by atoms with van der Waals surface area (Å²) in [6.07, 6.45) is 42.5. The van der Waals surface area contributed by atoms with Crippen LogP contribution in [0.15, 0.2) is 24.3 Å². The Morgan fingerprint density at radius 2 is 0.407 bits per heavy atom. The summed E-state index contributed by atoms with van der Waals surface area (Å²) in [6, 6.07) is 0. The van der Waals surface area contributed by atoms with E-state index in [1.165, 1.54) is 148 Å². The summed E-state index contributed by atoms with van der Waals surface area (Å²) < 4.78 is 0.